The van der Waals surface area contributed by atoms with Crippen molar-refractivity contribution in [2.45, 2.75) is 26.8 Å². The van der Waals surface area contributed by atoms with Gasteiger partial charge in [0.2, 0.25) is 5.91 Å². The van der Waals surface area contributed by atoms with E-state index >= 15 is 0 Å². The average Bonchev–Trinajstić information content (AvgIpc) is 3.16. The molecule has 146 valence electrons. The van der Waals surface area contributed by atoms with Gasteiger partial charge in [-0.2, -0.15) is 0 Å². The van der Waals surface area contributed by atoms with Gasteiger partial charge in [-0.15, -0.1) is 11.3 Å². The Hall–Kier alpha value is -3.25. The number of hydrogen-bond acceptors (Lipinski definition) is 4. The number of benzene rings is 2. The first-order chi connectivity index (χ1) is 14.1. The minimum absolute atomic E-state index is 0.0804. The summed E-state index contributed by atoms with van der Waals surface area (Å²) in [5, 5.41) is 5.42. The Bertz CT molecular complexity index is 1240. The first kappa shape index (κ1) is 19.1. The molecule has 2 heterocycles. The number of aryl methyl sites for hydroxylation is 2. The van der Waals surface area contributed by atoms with E-state index in [0.29, 0.717) is 10.2 Å². The normalized spacial score (nSPS) is 11.0. The van der Waals surface area contributed by atoms with Crippen LogP contribution in [-0.4, -0.2) is 15.5 Å². The zero-order chi connectivity index (χ0) is 20.4. The van der Waals surface area contributed by atoms with Gasteiger partial charge < -0.3 is 5.32 Å². The smallest absolute Gasteiger partial charge is 0.263 e. The lowest BCUT2D eigenvalue weighted by molar-refractivity contribution is -0.116. The van der Waals surface area contributed by atoms with Gasteiger partial charge in [0.1, 0.15) is 11.4 Å². The fraction of sp³-hybridized carbons (Fsp3) is 0.174. The molecule has 29 heavy (non-hydrogen) atoms. The first-order valence-corrected chi connectivity index (χ1v) is 10.4. The van der Waals surface area contributed by atoms with Crippen LogP contribution in [-0.2, 0) is 17.8 Å². The third-order valence-corrected chi connectivity index (χ3v) is 5.80. The predicted octanol–water partition coefficient (Wildman–Crippen LogP) is 4.63. The minimum Gasteiger partial charge on any atom is -0.324 e. The topological polar surface area (TPSA) is 64.0 Å². The maximum Gasteiger partial charge on any atom is 0.263 e. The number of anilines is 1. The fourth-order valence-corrected chi connectivity index (χ4v) is 4.23. The van der Waals surface area contributed by atoms with Gasteiger partial charge in [-0.1, -0.05) is 55.0 Å². The van der Waals surface area contributed by atoms with E-state index in [0.717, 1.165) is 34.4 Å². The van der Waals surface area contributed by atoms with Crippen LogP contribution in [0.1, 0.15) is 18.1 Å². The van der Waals surface area contributed by atoms with Crippen LogP contribution in [0.15, 0.2) is 65.0 Å². The zero-order valence-corrected chi connectivity index (χ0v) is 17.1. The Labute approximate surface area is 172 Å². The SMILES string of the molecule is CCc1ccccc1NC(=O)Cn1cnc2scc(-c3ccc(C)cc3)c2c1=O. The third kappa shape index (κ3) is 3.84. The molecule has 1 N–H and O–H groups in total. The minimum atomic E-state index is -0.249. The van der Waals surface area contributed by atoms with E-state index < -0.39 is 0 Å². The molecule has 0 fully saturated rings. The number of aromatic nitrogens is 2. The quantitative estimate of drug-likeness (QED) is 0.528. The second-order valence-electron chi connectivity index (χ2n) is 6.93. The van der Waals surface area contributed by atoms with E-state index in [1.807, 2.05) is 67.8 Å². The number of nitrogens with zero attached hydrogens (tertiary/aromatic N) is 2. The standard InChI is InChI=1S/C23H21N3O2S/c1-3-16-6-4-5-7-19(16)25-20(27)12-26-14-24-22-21(23(26)28)18(13-29-22)17-10-8-15(2)9-11-17/h4-11,13-14H,3,12H2,1-2H3,(H,25,27). The van der Waals surface area contributed by atoms with E-state index in [1.165, 1.54) is 22.2 Å². The van der Waals surface area contributed by atoms with Crippen LogP contribution in [0.4, 0.5) is 5.69 Å². The Morgan fingerprint density at radius 2 is 1.90 bits per heavy atom. The van der Waals surface area contributed by atoms with Crippen molar-refractivity contribution in [3.63, 3.8) is 0 Å². The predicted molar refractivity (Wildman–Crippen MR) is 119 cm³/mol. The second-order valence-corrected chi connectivity index (χ2v) is 7.79. The number of carbonyl (C=O) groups excluding carboxylic acids is 1. The summed E-state index contributed by atoms with van der Waals surface area (Å²) in [5.41, 5.74) is 4.62. The monoisotopic (exact) mass is 403 g/mol. The molecular weight excluding hydrogens is 382 g/mol. The molecule has 0 atom stereocenters. The summed E-state index contributed by atoms with van der Waals surface area (Å²) in [4.78, 5) is 30.8. The number of para-hydroxylation sites is 1. The van der Waals surface area contributed by atoms with Crippen LogP contribution in [0.25, 0.3) is 21.3 Å². The molecule has 2 aromatic carbocycles. The Balaban J connectivity index is 1.65. The molecule has 0 saturated heterocycles. The molecule has 0 saturated carbocycles. The van der Waals surface area contributed by atoms with Crippen LogP contribution in [0.2, 0.25) is 0 Å². The van der Waals surface area contributed by atoms with Crippen LogP contribution >= 0.6 is 11.3 Å². The average molecular weight is 404 g/mol. The van der Waals surface area contributed by atoms with E-state index in [9.17, 15) is 9.59 Å². The molecule has 6 heteroatoms. The van der Waals surface area contributed by atoms with Crippen molar-refractivity contribution in [2.24, 2.45) is 0 Å². The Morgan fingerprint density at radius 3 is 2.66 bits per heavy atom. The highest BCUT2D eigenvalue weighted by atomic mass is 32.1. The van der Waals surface area contributed by atoms with E-state index in [2.05, 4.69) is 10.3 Å². The van der Waals surface area contributed by atoms with E-state index in [4.69, 9.17) is 0 Å². The molecule has 0 aliphatic heterocycles. The van der Waals surface area contributed by atoms with Crippen LogP contribution < -0.4 is 10.9 Å². The molecule has 5 nitrogen and oxygen atoms in total. The highest BCUT2D eigenvalue weighted by molar-refractivity contribution is 7.17. The lowest BCUT2D eigenvalue weighted by Crippen LogP contribution is -2.28. The van der Waals surface area contributed by atoms with Crippen molar-refractivity contribution in [1.29, 1.82) is 0 Å². The summed E-state index contributed by atoms with van der Waals surface area (Å²) in [6.07, 6.45) is 2.27. The molecule has 0 bridgehead atoms. The molecule has 4 rings (SSSR count). The lowest BCUT2D eigenvalue weighted by atomic mass is 10.1. The maximum absolute atomic E-state index is 13.1. The van der Waals surface area contributed by atoms with Crippen LogP contribution in [0.5, 0.6) is 0 Å². The first-order valence-electron chi connectivity index (χ1n) is 9.48. The van der Waals surface area contributed by atoms with Crippen LogP contribution in [0, 0.1) is 6.92 Å². The van der Waals surface area contributed by atoms with Gasteiger partial charge in [-0.3, -0.25) is 14.2 Å². The second kappa shape index (κ2) is 8.01. The number of thiophene rings is 1. The summed E-state index contributed by atoms with van der Waals surface area (Å²) in [6, 6.07) is 15.7. The number of hydrogen-bond donors (Lipinski definition) is 1. The van der Waals surface area contributed by atoms with Crippen molar-refractivity contribution in [3.05, 3.63) is 81.7 Å². The lowest BCUT2D eigenvalue weighted by Gasteiger charge is -2.11. The number of carbonyl (C=O) groups is 1. The number of fused-ring (bicyclic) bond motifs is 1. The Kier molecular flexibility index (Phi) is 5.27. The summed E-state index contributed by atoms with van der Waals surface area (Å²) in [5.74, 6) is -0.249. The molecule has 0 spiro atoms. The summed E-state index contributed by atoms with van der Waals surface area (Å²) < 4.78 is 1.37. The molecule has 0 aliphatic carbocycles. The van der Waals surface area contributed by atoms with Gasteiger partial charge in [-0.25, -0.2) is 4.98 Å². The van der Waals surface area contributed by atoms with E-state index in [-0.39, 0.29) is 18.0 Å². The van der Waals surface area contributed by atoms with Crippen molar-refractivity contribution in [1.82, 2.24) is 9.55 Å². The van der Waals surface area contributed by atoms with Crippen molar-refractivity contribution >= 4 is 33.1 Å². The molecule has 0 aliphatic rings. The number of nitrogens with one attached hydrogen (secondary N) is 1. The number of rotatable bonds is 5. The van der Waals surface area contributed by atoms with Gasteiger partial charge in [0.25, 0.3) is 5.56 Å². The summed E-state index contributed by atoms with van der Waals surface area (Å²) in [7, 11) is 0. The van der Waals surface area contributed by atoms with Crippen molar-refractivity contribution in [2.75, 3.05) is 5.32 Å². The zero-order valence-electron chi connectivity index (χ0n) is 16.3. The molecule has 2 aromatic heterocycles. The summed E-state index contributed by atoms with van der Waals surface area (Å²) in [6.45, 7) is 3.98. The molecule has 0 radical (unpaired) electrons. The van der Waals surface area contributed by atoms with Gasteiger partial charge >= 0.3 is 0 Å². The molecule has 1 amide bonds. The molecule has 4 aromatic rings. The number of amides is 1. The van der Waals surface area contributed by atoms with Gasteiger partial charge in [0.15, 0.2) is 0 Å². The van der Waals surface area contributed by atoms with Crippen LogP contribution in [0.3, 0.4) is 0 Å². The van der Waals surface area contributed by atoms with E-state index in [1.54, 1.807) is 0 Å². The fourth-order valence-electron chi connectivity index (χ4n) is 3.32. The Morgan fingerprint density at radius 1 is 1.14 bits per heavy atom. The van der Waals surface area contributed by atoms with Gasteiger partial charge in [0, 0.05) is 16.6 Å². The summed E-state index contributed by atoms with van der Waals surface area (Å²) >= 11 is 1.44. The van der Waals surface area contributed by atoms with Gasteiger partial charge in [0.05, 0.1) is 11.7 Å². The maximum atomic E-state index is 13.1. The van der Waals surface area contributed by atoms with Gasteiger partial charge in [-0.05, 0) is 30.5 Å². The highest BCUT2D eigenvalue weighted by Gasteiger charge is 2.15. The molecular formula is C23H21N3O2S. The van der Waals surface area contributed by atoms with Crippen molar-refractivity contribution < 1.29 is 4.79 Å². The largest absolute Gasteiger partial charge is 0.324 e. The van der Waals surface area contributed by atoms with Crippen molar-refractivity contribution in [3.8, 4) is 11.1 Å². The highest BCUT2D eigenvalue weighted by Crippen LogP contribution is 2.30. The molecule has 0 unspecified atom stereocenters. The third-order valence-electron chi connectivity index (χ3n) is 4.91.